The zero-order valence-electron chi connectivity index (χ0n) is 11.7. The van der Waals surface area contributed by atoms with Crippen molar-refractivity contribution in [3.05, 3.63) is 47.8 Å². The molecule has 3 aromatic rings. The lowest BCUT2D eigenvalue weighted by Crippen LogP contribution is -2.09. The van der Waals surface area contributed by atoms with Gasteiger partial charge in [-0.3, -0.25) is 4.79 Å². The van der Waals surface area contributed by atoms with E-state index in [-0.39, 0.29) is 5.91 Å². The second-order valence-corrected chi connectivity index (χ2v) is 6.38. The maximum Gasteiger partial charge on any atom is 0.244 e. The highest BCUT2D eigenvalue weighted by Gasteiger charge is 2.14. The lowest BCUT2D eigenvalue weighted by atomic mass is 10.1. The number of aromatic nitrogens is 2. The van der Waals surface area contributed by atoms with Crippen LogP contribution in [0.15, 0.2) is 52.7 Å². The second-order valence-electron chi connectivity index (χ2n) is 4.55. The Balaban J connectivity index is 2.09. The summed E-state index contributed by atoms with van der Waals surface area (Å²) in [6.07, 6.45) is 2.05. The van der Waals surface area contributed by atoms with E-state index in [0.29, 0.717) is 0 Å². The van der Waals surface area contributed by atoms with Crippen LogP contribution < -0.4 is 0 Å². The highest BCUT2D eigenvalue weighted by molar-refractivity contribution is 7.98. The Labute approximate surface area is 131 Å². The van der Waals surface area contributed by atoms with Gasteiger partial charge in [-0.2, -0.15) is 9.78 Å². The smallest absolute Gasteiger partial charge is 0.244 e. The molecule has 0 radical (unpaired) electrons. The summed E-state index contributed by atoms with van der Waals surface area (Å²) in [6.45, 7) is 1.53. The monoisotopic (exact) mass is 314 g/mol. The van der Waals surface area contributed by atoms with Crippen molar-refractivity contribution in [2.24, 2.45) is 0 Å². The summed E-state index contributed by atoms with van der Waals surface area (Å²) in [5.41, 5.74) is 2.67. The van der Waals surface area contributed by atoms with Crippen LogP contribution >= 0.6 is 23.1 Å². The van der Waals surface area contributed by atoms with Gasteiger partial charge < -0.3 is 0 Å². The number of carbonyl (C=O) groups excluding carboxylic acids is 1. The molecule has 0 saturated carbocycles. The molecule has 0 fully saturated rings. The molecular weight excluding hydrogens is 300 g/mol. The minimum absolute atomic E-state index is 0.0817. The maximum atomic E-state index is 11.8. The van der Waals surface area contributed by atoms with E-state index in [2.05, 4.69) is 17.2 Å². The summed E-state index contributed by atoms with van der Waals surface area (Å²) < 4.78 is 1.48. The molecule has 106 valence electrons. The SMILES string of the molecule is CSc1ccc(-c2cc(-c3cccs3)nn2C(C)=O)cc1. The van der Waals surface area contributed by atoms with Crippen LogP contribution in [0.4, 0.5) is 0 Å². The van der Waals surface area contributed by atoms with Gasteiger partial charge in [-0.25, -0.2) is 0 Å². The van der Waals surface area contributed by atoms with Crippen molar-refractivity contribution >= 4 is 29.0 Å². The van der Waals surface area contributed by atoms with Gasteiger partial charge in [-0.15, -0.1) is 23.1 Å². The van der Waals surface area contributed by atoms with Gasteiger partial charge in [0.1, 0.15) is 5.69 Å². The largest absolute Gasteiger partial charge is 0.273 e. The van der Waals surface area contributed by atoms with E-state index in [0.717, 1.165) is 21.8 Å². The van der Waals surface area contributed by atoms with E-state index in [1.807, 2.05) is 42.0 Å². The van der Waals surface area contributed by atoms with Gasteiger partial charge in [0.15, 0.2) is 0 Å². The van der Waals surface area contributed by atoms with Crippen LogP contribution in [-0.2, 0) is 0 Å². The molecular formula is C16H14N2OS2. The summed E-state index contributed by atoms with van der Waals surface area (Å²) in [5.74, 6) is -0.0817. The average Bonchev–Trinajstić information content (AvgIpc) is 3.16. The number of nitrogens with zero attached hydrogens (tertiary/aromatic N) is 2. The zero-order chi connectivity index (χ0) is 14.8. The molecule has 0 bridgehead atoms. The number of hydrogen-bond acceptors (Lipinski definition) is 4. The van der Waals surface area contributed by atoms with Crippen LogP contribution in [0, 0.1) is 0 Å². The molecule has 0 aliphatic rings. The molecule has 0 aliphatic heterocycles. The molecule has 3 rings (SSSR count). The third-order valence-corrected chi connectivity index (χ3v) is 4.80. The van der Waals surface area contributed by atoms with Gasteiger partial charge in [0.2, 0.25) is 5.91 Å². The first-order valence-electron chi connectivity index (χ1n) is 6.48. The number of thioether (sulfide) groups is 1. The molecule has 0 aliphatic carbocycles. The van der Waals surface area contributed by atoms with Crippen molar-refractivity contribution in [1.29, 1.82) is 0 Å². The minimum Gasteiger partial charge on any atom is -0.273 e. The molecule has 0 unspecified atom stereocenters. The maximum absolute atomic E-state index is 11.8. The third-order valence-electron chi connectivity index (χ3n) is 3.17. The minimum atomic E-state index is -0.0817. The summed E-state index contributed by atoms with van der Waals surface area (Å²) in [4.78, 5) is 14.1. The Bertz CT molecular complexity index is 758. The molecule has 0 spiro atoms. The van der Waals surface area contributed by atoms with E-state index < -0.39 is 0 Å². The first kappa shape index (κ1) is 14.1. The van der Waals surface area contributed by atoms with E-state index >= 15 is 0 Å². The van der Waals surface area contributed by atoms with Gasteiger partial charge in [0, 0.05) is 17.4 Å². The van der Waals surface area contributed by atoms with Crippen LogP contribution in [0.5, 0.6) is 0 Å². The van der Waals surface area contributed by atoms with Gasteiger partial charge >= 0.3 is 0 Å². The Morgan fingerprint density at radius 3 is 2.57 bits per heavy atom. The van der Waals surface area contributed by atoms with Crippen LogP contribution in [0.2, 0.25) is 0 Å². The number of rotatable bonds is 3. The summed E-state index contributed by atoms with van der Waals surface area (Å²) in [7, 11) is 0. The van der Waals surface area contributed by atoms with Gasteiger partial charge in [0.05, 0.1) is 10.6 Å². The fourth-order valence-electron chi connectivity index (χ4n) is 2.13. The Kier molecular flexibility index (Phi) is 3.94. The van der Waals surface area contributed by atoms with Crippen molar-refractivity contribution in [3.8, 4) is 21.8 Å². The zero-order valence-corrected chi connectivity index (χ0v) is 13.4. The van der Waals surface area contributed by atoms with Crippen molar-refractivity contribution < 1.29 is 4.79 Å². The Morgan fingerprint density at radius 1 is 1.24 bits per heavy atom. The average molecular weight is 314 g/mol. The van der Waals surface area contributed by atoms with E-state index in [1.54, 1.807) is 23.1 Å². The molecule has 2 aromatic heterocycles. The van der Waals surface area contributed by atoms with Crippen LogP contribution in [0.3, 0.4) is 0 Å². The van der Waals surface area contributed by atoms with Gasteiger partial charge in [-0.05, 0) is 35.9 Å². The predicted octanol–water partition coefficient (Wildman–Crippen LogP) is 4.66. The fraction of sp³-hybridized carbons (Fsp3) is 0.125. The predicted molar refractivity (Wildman–Crippen MR) is 89.1 cm³/mol. The normalized spacial score (nSPS) is 10.8. The van der Waals surface area contributed by atoms with E-state index in [9.17, 15) is 4.79 Å². The lowest BCUT2D eigenvalue weighted by molar-refractivity contribution is 0.0923. The summed E-state index contributed by atoms with van der Waals surface area (Å²) in [6, 6.07) is 14.1. The molecule has 0 atom stereocenters. The number of thiophene rings is 1. The summed E-state index contributed by atoms with van der Waals surface area (Å²) in [5, 5.41) is 6.45. The topological polar surface area (TPSA) is 34.9 Å². The molecule has 0 N–H and O–H groups in total. The van der Waals surface area contributed by atoms with E-state index in [1.165, 1.54) is 16.5 Å². The lowest BCUT2D eigenvalue weighted by Gasteiger charge is -2.04. The van der Waals surface area contributed by atoms with E-state index in [4.69, 9.17) is 0 Å². The molecule has 1 aromatic carbocycles. The first-order valence-corrected chi connectivity index (χ1v) is 8.59. The number of hydrogen-bond donors (Lipinski definition) is 0. The number of carbonyl (C=O) groups is 1. The first-order chi connectivity index (χ1) is 10.2. The molecule has 5 heteroatoms. The standard InChI is InChI=1S/C16H14N2OS2/c1-11(19)18-15(12-5-7-13(20-2)8-6-12)10-14(17-18)16-4-3-9-21-16/h3-10H,1-2H3. The highest BCUT2D eigenvalue weighted by Crippen LogP contribution is 2.29. The van der Waals surface area contributed by atoms with Crippen LogP contribution in [0.1, 0.15) is 11.7 Å². The molecule has 0 saturated heterocycles. The Morgan fingerprint density at radius 2 is 2.00 bits per heavy atom. The van der Waals surface area contributed by atoms with Crippen molar-refractivity contribution in [2.45, 2.75) is 11.8 Å². The highest BCUT2D eigenvalue weighted by atomic mass is 32.2. The molecule has 3 nitrogen and oxygen atoms in total. The molecule has 2 heterocycles. The van der Waals surface area contributed by atoms with Gasteiger partial charge in [0.25, 0.3) is 0 Å². The van der Waals surface area contributed by atoms with Crippen LogP contribution in [0.25, 0.3) is 21.8 Å². The van der Waals surface area contributed by atoms with Crippen molar-refractivity contribution in [2.75, 3.05) is 6.26 Å². The van der Waals surface area contributed by atoms with Gasteiger partial charge in [-0.1, -0.05) is 18.2 Å². The second kappa shape index (κ2) is 5.87. The third kappa shape index (κ3) is 2.80. The molecule has 21 heavy (non-hydrogen) atoms. The quantitative estimate of drug-likeness (QED) is 0.659. The summed E-state index contributed by atoms with van der Waals surface area (Å²) >= 11 is 3.32. The van der Waals surface area contributed by atoms with Crippen LogP contribution in [-0.4, -0.2) is 21.9 Å². The fourth-order valence-corrected chi connectivity index (χ4v) is 3.22. The molecule has 0 amide bonds. The van der Waals surface area contributed by atoms with Crippen molar-refractivity contribution in [3.63, 3.8) is 0 Å². The Hall–Kier alpha value is -1.85. The van der Waals surface area contributed by atoms with Crippen molar-refractivity contribution in [1.82, 2.24) is 9.78 Å². The number of benzene rings is 1.